The number of sulfonamides is 1. The Bertz CT molecular complexity index is 1200. The Morgan fingerprint density at radius 3 is 2.55 bits per heavy atom. The molecule has 31 heavy (non-hydrogen) atoms. The van der Waals surface area contributed by atoms with Crippen molar-refractivity contribution in [2.75, 3.05) is 20.6 Å². The molecule has 0 aliphatic carbocycles. The molecule has 168 valence electrons. The molecule has 0 spiro atoms. The summed E-state index contributed by atoms with van der Waals surface area (Å²) in [6.07, 6.45) is 1.59. The van der Waals surface area contributed by atoms with Gasteiger partial charge in [-0.05, 0) is 39.0 Å². The topological polar surface area (TPSA) is 97.2 Å². The summed E-state index contributed by atoms with van der Waals surface area (Å²) in [6, 6.07) is 4.98. The molecule has 0 fully saturated rings. The standard InChI is InChI=1S/C21H29N5O3S2/c1-6-26-18-8-7-16(31(28,29)25(4)5)13-17(18)24-20(26)9-10-21(27)22-12-11-19-14(2)23-15(3)30-19/h7-8,13H,6,9-12H2,1-5H3,(H,22,27). The maximum absolute atomic E-state index is 12.4. The Balaban J connectivity index is 1.66. The van der Waals surface area contributed by atoms with Crippen molar-refractivity contribution < 1.29 is 13.2 Å². The van der Waals surface area contributed by atoms with E-state index < -0.39 is 10.0 Å². The van der Waals surface area contributed by atoms with E-state index in [-0.39, 0.29) is 10.8 Å². The molecular weight excluding hydrogens is 434 g/mol. The van der Waals surface area contributed by atoms with Gasteiger partial charge in [-0.25, -0.2) is 22.7 Å². The molecule has 0 radical (unpaired) electrons. The van der Waals surface area contributed by atoms with Gasteiger partial charge >= 0.3 is 0 Å². The van der Waals surface area contributed by atoms with Crippen LogP contribution in [0, 0.1) is 13.8 Å². The minimum absolute atomic E-state index is 0.0236. The van der Waals surface area contributed by atoms with Crippen LogP contribution in [0.25, 0.3) is 11.0 Å². The third-order valence-corrected chi connectivity index (χ3v) is 8.09. The molecule has 2 heterocycles. The van der Waals surface area contributed by atoms with Crippen molar-refractivity contribution in [1.29, 1.82) is 0 Å². The summed E-state index contributed by atoms with van der Waals surface area (Å²) >= 11 is 1.67. The van der Waals surface area contributed by atoms with Crippen molar-refractivity contribution in [3.63, 3.8) is 0 Å². The Hall–Kier alpha value is -2.30. The van der Waals surface area contributed by atoms with Crippen LogP contribution < -0.4 is 5.32 Å². The Morgan fingerprint density at radius 2 is 1.94 bits per heavy atom. The van der Waals surface area contributed by atoms with E-state index in [1.807, 2.05) is 25.3 Å². The van der Waals surface area contributed by atoms with Gasteiger partial charge in [-0.2, -0.15) is 0 Å². The van der Waals surface area contributed by atoms with E-state index in [2.05, 4.69) is 15.3 Å². The highest BCUT2D eigenvalue weighted by atomic mass is 32.2. The van der Waals surface area contributed by atoms with Crippen LogP contribution in [0.1, 0.15) is 34.7 Å². The van der Waals surface area contributed by atoms with Crippen molar-refractivity contribution in [2.45, 2.75) is 51.5 Å². The lowest BCUT2D eigenvalue weighted by molar-refractivity contribution is -0.121. The average Bonchev–Trinajstić information content (AvgIpc) is 3.23. The number of aromatic nitrogens is 3. The van der Waals surface area contributed by atoms with Crippen LogP contribution in [-0.4, -0.2) is 53.8 Å². The summed E-state index contributed by atoms with van der Waals surface area (Å²) in [7, 11) is -0.512. The van der Waals surface area contributed by atoms with E-state index in [9.17, 15) is 13.2 Å². The largest absolute Gasteiger partial charge is 0.356 e. The van der Waals surface area contributed by atoms with Gasteiger partial charge in [0, 0.05) is 51.3 Å². The first-order valence-corrected chi connectivity index (χ1v) is 12.5. The number of carbonyl (C=O) groups is 1. The molecule has 0 saturated carbocycles. The molecule has 0 aliphatic rings. The molecule has 10 heteroatoms. The summed E-state index contributed by atoms with van der Waals surface area (Å²) < 4.78 is 28.0. The third-order valence-electron chi connectivity index (χ3n) is 5.14. The lowest BCUT2D eigenvalue weighted by atomic mass is 10.2. The summed E-state index contributed by atoms with van der Waals surface area (Å²) in [6.45, 7) is 7.26. The highest BCUT2D eigenvalue weighted by molar-refractivity contribution is 7.89. The smallest absolute Gasteiger partial charge is 0.242 e. The van der Waals surface area contributed by atoms with E-state index in [1.165, 1.54) is 23.3 Å². The quantitative estimate of drug-likeness (QED) is 0.526. The van der Waals surface area contributed by atoms with Crippen LogP contribution in [0.3, 0.4) is 0 Å². The molecule has 3 rings (SSSR count). The normalized spacial score (nSPS) is 12.1. The molecule has 0 saturated heterocycles. The van der Waals surface area contributed by atoms with Gasteiger partial charge in [0.05, 0.1) is 26.6 Å². The highest BCUT2D eigenvalue weighted by Crippen LogP contribution is 2.23. The molecule has 0 bridgehead atoms. The lowest BCUT2D eigenvalue weighted by Gasteiger charge is -2.11. The number of imidazole rings is 1. The number of hydrogen-bond donors (Lipinski definition) is 1. The van der Waals surface area contributed by atoms with Gasteiger partial charge in [0.15, 0.2) is 0 Å². The van der Waals surface area contributed by atoms with E-state index in [1.54, 1.807) is 29.5 Å². The van der Waals surface area contributed by atoms with Crippen molar-refractivity contribution in [2.24, 2.45) is 0 Å². The molecule has 2 aromatic heterocycles. The van der Waals surface area contributed by atoms with Crippen molar-refractivity contribution in [3.05, 3.63) is 39.6 Å². The Labute approximate surface area is 187 Å². The van der Waals surface area contributed by atoms with Crippen LogP contribution in [0.5, 0.6) is 0 Å². The minimum Gasteiger partial charge on any atom is -0.356 e. The fourth-order valence-corrected chi connectivity index (χ4v) is 5.37. The maximum Gasteiger partial charge on any atom is 0.242 e. The number of nitrogens with zero attached hydrogens (tertiary/aromatic N) is 4. The van der Waals surface area contributed by atoms with E-state index in [0.29, 0.717) is 31.4 Å². The molecule has 3 aromatic rings. The molecule has 1 N–H and O–H groups in total. The van der Waals surface area contributed by atoms with E-state index >= 15 is 0 Å². The van der Waals surface area contributed by atoms with Gasteiger partial charge < -0.3 is 9.88 Å². The molecule has 8 nitrogen and oxygen atoms in total. The number of benzene rings is 1. The number of fused-ring (bicyclic) bond motifs is 1. The minimum atomic E-state index is -3.52. The first-order valence-electron chi connectivity index (χ1n) is 10.2. The zero-order chi connectivity index (χ0) is 22.8. The fourth-order valence-electron chi connectivity index (χ4n) is 3.51. The van der Waals surface area contributed by atoms with Crippen LogP contribution in [-0.2, 0) is 34.2 Å². The second kappa shape index (κ2) is 9.46. The lowest BCUT2D eigenvalue weighted by Crippen LogP contribution is -2.26. The first-order chi connectivity index (χ1) is 14.6. The molecule has 0 atom stereocenters. The monoisotopic (exact) mass is 463 g/mol. The van der Waals surface area contributed by atoms with Crippen molar-refractivity contribution in [3.8, 4) is 0 Å². The summed E-state index contributed by atoms with van der Waals surface area (Å²) in [5, 5.41) is 4.01. The molecule has 0 unspecified atom stereocenters. The van der Waals surface area contributed by atoms with Gasteiger partial charge in [0.2, 0.25) is 15.9 Å². The second-order valence-electron chi connectivity index (χ2n) is 7.55. The van der Waals surface area contributed by atoms with Gasteiger partial charge in [0.1, 0.15) is 5.82 Å². The summed E-state index contributed by atoms with van der Waals surface area (Å²) in [4.78, 5) is 22.8. The average molecular weight is 464 g/mol. The first kappa shape index (κ1) is 23.4. The zero-order valence-corrected chi connectivity index (χ0v) is 20.2. The molecule has 1 aromatic carbocycles. The van der Waals surface area contributed by atoms with Gasteiger partial charge in [0.25, 0.3) is 0 Å². The Kier molecular flexibility index (Phi) is 7.13. The number of nitrogens with one attached hydrogen (secondary N) is 1. The third kappa shape index (κ3) is 5.13. The number of carbonyl (C=O) groups excluding carboxylic acids is 1. The van der Waals surface area contributed by atoms with Crippen molar-refractivity contribution in [1.82, 2.24) is 24.2 Å². The summed E-state index contributed by atoms with van der Waals surface area (Å²) in [5.74, 6) is 0.755. The number of rotatable bonds is 9. The fraction of sp³-hybridized carbons (Fsp3) is 0.476. The van der Waals surface area contributed by atoms with Crippen molar-refractivity contribution >= 4 is 38.3 Å². The predicted molar refractivity (Wildman–Crippen MR) is 123 cm³/mol. The SMILES string of the molecule is CCn1c(CCC(=O)NCCc2sc(C)nc2C)nc2cc(S(=O)(=O)N(C)C)ccc21. The van der Waals surface area contributed by atoms with Crippen LogP contribution in [0.4, 0.5) is 0 Å². The van der Waals surface area contributed by atoms with Gasteiger partial charge in [-0.3, -0.25) is 4.79 Å². The zero-order valence-electron chi connectivity index (χ0n) is 18.6. The van der Waals surface area contributed by atoms with Crippen LogP contribution in [0.2, 0.25) is 0 Å². The Morgan fingerprint density at radius 1 is 1.19 bits per heavy atom. The molecular formula is C21H29N5O3S2. The molecule has 1 amide bonds. The number of aryl methyl sites for hydroxylation is 4. The van der Waals surface area contributed by atoms with E-state index in [0.717, 1.165) is 28.5 Å². The maximum atomic E-state index is 12.4. The molecule has 0 aliphatic heterocycles. The van der Waals surface area contributed by atoms with Crippen LogP contribution in [0.15, 0.2) is 23.1 Å². The summed E-state index contributed by atoms with van der Waals surface area (Å²) in [5.41, 5.74) is 2.52. The van der Waals surface area contributed by atoms with E-state index in [4.69, 9.17) is 0 Å². The predicted octanol–water partition coefficient (Wildman–Crippen LogP) is 2.67. The van der Waals surface area contributed by atoms with Crippen LogP contribution >= 0.6 is 11.3 Å². The van der Waals surface area contributed by atoms with Gasteiger partial charge in [-0.15, -0.1) is 11.3 Å². The van der Waals surface area contributed by atoms with Gasteiger partial charge in [-0.1, -0.05) is 0 Å². The highest BCUT2D eigenvalue weighted by Gasteiger charge is 2.19. The second-order valence-corrected chi connectivity index (χ2v) is 11.0. The number of thiazole rings is 1. The number of amides is 1. The number of hydrogen-bond acceptors (Lipinski definition) is 6.